The molecule has 0 bridgehead atoms. The second-order valence-electron chi connectivity index (χ2n) is 4.93. The topological polar surface area (TPSA) is 21.3 Å². The van der Waals surface area contributed by atoms with E-state index in [4.69, 9.17) is 4.74 Å². The Bertz CT molecular complexity index is 430. The van der Waals surface area contributed by atoms with Crippen molar-refractivity contribution in [1.29, 1.82) is 0 Å². The minimum atomic E-state index is -0.222. The van der Waals surface area contributed by atoms with E-state index in [0.29, 0.717) is 16.1 Å². The molecule has 1 atom stereocenters. The highest BCUT2D eigenvalue weighted by molar-refractivity contribution is 9.10. The van der Waals surface area contributed by atoms with E-state index in [9.17, 15) is 4.39 Å². The molecule has 2 rings (SSSR count). The van der Waals surface area contributed by atoms with Gasteiger partial charge in [-0.1, -0.05) is 6.07 Å². The monoisotopic (exact) mass is 315 g/mol. The number of piperidine rings is 1. The molecule has 0 radical (unpaired) electrons. The number of halogens is 2. The lowest BCUT2D eigenvalue weighted by atomic mass is 9.91. The summed E-state index contributed by atoms with van der Waals surface area (Å²) in [5.41, 5.74) is 1.79. The minimum Gasteiger partial charge on any atom is -0.492 e. The molecule has 1 aromatic carbocycles. The summed E-state index contributed by atoms with van der Waals surface area (Å²) < 4.78 is 20.2. The Kier molecular flexibility index (Phi) is 4.62. The molecule has 0 saturated carbocycles. The molecule has 1 aliphatic rings. The molecule has 1 heterocycles. The van der Waals surface area contributed by atoms with Crippen molar-refractivity contribution in [3.05, 3.63) is 27.5 Å². The van der Waals surface area contributed by atoms with E-state index in [1.165, 1.54) is 20.0 Å². The van der Waals surface area contributed by atoms with E-state index in [0.717, 1.165) is 30.6 Å². The van der Waals surface area contributed by atoms with E-state index < -0.39 is 0 Å². The highest BCUT2D eigenvalue weighted by Crippen LogP contribution is 2.34. The Labute approximate surface area is 116 Å². The maximum Gasteiger partial charge on any atom is 0.169 e. The zero-order chi connectivity index (χ0) is 13.1. The SMILES string of the molecule is COc1c(F)c(CC2CCCNC2)cc(C)c1Br. The van der Waals surface area contributed by atoms with Gasteiger partial charge in [0.2, 0.25) is 0 Å². The van der Waals surface area contributed by atoms with Crippen molar-refractivity contribution in [3.63, 3.8) is 0 Å². The van der Waals surface area contributed by atoms with Crippen LogP contribution in [0.4, 0.5) is 4.39 Å². The first kappa shape index (κ1) is 13.8. The summed E-state index contributed by atoms with van der Waals surface area (Å²) in [5, 5.41) is 3.37. The number of hydrogen-bond donors (Lipinski definition) is 1. The van der Waals surface area contributed by atoms with Crippen LogP contribution in [0.1, 0.15) is 24.0 Å². The lowest BCUT2D eigenvalue weighted by Gasteiger charge is -2.23. The second kappa shape index (κ2) is 6.02. The number of methoxy groups -OCH3 is 1. The van der Waals surface area contributed by atoms with E-state index in [1.807, 2.05) is 13.0 Å². The van der Waals surface area contributed by atoms with Crippen LogP contribution in [0.15, 0.2) is 10.5 Å². The van der Waals surface area contributed by atoms with Crippen LogP contribution >= 0.6 is 15.9 Å². The largest absolute Gasteiger partial charge is 0.492 e. The van der Waals surface area contributed by atoms with Crippen LogP contribution in [0.3, 0.4) is 0 Å². The van der Waals surface area contributed by atoms with E-state index in [2.05, 4.69) is 21.2 Å². The first-order valence-corrected chi connectivity index (χ1v) is 7.15. The molecule has 100 valence electrons. The molecule has 2 nitrogen and oxygen atoms in total. The van der Waals surface area contributed by atoms with Crippen molar-refractivity contribution >= 4 is 15.9 Å². The van der Waals surface area contributed by atoms with Gasteiger partial charge in [-0.05, 0) is 72.3 Å². The van der Waals surface area contributed by atoms with Crippen molar-refractivity contribution in [1.82, 2.24) is 5.32 Å². The predicted octanol–water partition coefficient (Wildman–Crippen LogP) is 3.45. The smallest absolute Gasteiger partial charge is 0.169 e. The molecule has 4 heteroatoms. The summed E-state index contributed by atoms with van der Waals surface area (Å²) in [7, 11) is 1.51. The van der Waals surface area contributed by atoms with Gasteiger partial charge in [0.25, 0.3) is 0 Å². The average Bonchev–Trinajstić information content (AvgIpc) is 2.38. The summed E-state index contributed by atoms with van der Waals surface area (Å²) in [5.74, 6) is 0.632. The van der Waals surface area contributed by atoms with Crippen LogP contribution in [-0.2, 0) is 6.42 Å². The van der Waals surface area contributed by atoms with Gasteiger partial charge in [-0.2, -0.15) is 0 Å². The van der Waals surface area contributed by atoms with Crippen LogP contribution in [0, 0.1) is 18.7 Å². The van der Waals surface area contributed by atoms with Gasteiger partial charge >= 0.3 is 0 Å². The molecule has 18 heavy (non-hydrogen) atoms. The molecular weight excluding hydrogens is 297 g/mol. The fourth-order valence-electron chi connectivity index (χ4n) is 2.55. The maximum absolute atomic E-state index is 14.3. The third kappa shape index (κ3) is 2.86. The van der Waals surface area contributed by atoms with E-state index in [-0.39, 0.29) is 5.82 Å². The Morgan fingerprint density at radius 2 is 2.33 bits per heavy atom. The molecule has 0 aliphatic carbocycles. The van der Waals surface area contributed by atoms with Gasteiger partial charge in [-0.15, -0.1) is 0 Å². The molecule has 0 aromatic heterocycles. The molecular formula is C14H19BrFNO. The highest BCUT2D eigenvalue weighted by atomic mass is 79.9. The second-order valence-corrected chi connectivity index (χ2v) is 5.72. The third-order valence-corrected chi connectivity index (χ3v) is 4.51. The normalized spacial score (nSPS) is 19.9. The van der Waals surface area contributed by atoms with Crippen LogP contribution in [0.2, 0.25) is 0 Å². The van der Waals surface area contributed by atoms with Crippen LogP contribution < -0.4 is 10.1 Å². The average molecular weight is 316 g/mol. The summed E-state index contributed by atoms with van der Waals surface area (Å²) in [6.07, 6.45) is 3.13. The minimum absolute atomic E-state index is 0.222. The zero-order valence-corrected chi connectivity index (χ0v) is 12.4. The van der Waals surface area contributed by atoms with Gasteiger partial charge in [0.05, 0.1) is 11.6 Å². The van der Waals surface area contributed by atoms with Crippen molar-refractivity contribution < 1.29 is 9.13 Å². The van der Waals surface area contributed by atoms with Gasteiger partial charge in [-0.3, -0.25) is 0 Å². The summed E-state index contributed by atoms with van der Waals surface area (Å²) in [4.78, 5) is 0. The van der Waals surface area contributed by atoms with Crippen molar-refractivity contribution in [3.8, 4) is 5.75 Å². The third-order valence-electron chi connectivity index (χ3n) is 3.53. The Balaban J connectivity index is 2.24. The number of benzene rings is 1. The summed E-state index contributed by atoms with van der Waals surface area (Å²) in [6.45, 7) is 4.03. The zero-order valence-electron chi connectivity index (χ0n) is 10.9. The molecule has 1 N–H and O–H groups in total. The Morgan fingerprint density at radius 3 is 2.94 bits per heavy atom. The summed E-state index contributed by atoms with van der Waals surface area (Å²) in [6, 6.07) is 1.93. The predicted molar refractivity (Wildman–Crippen MR) is 74.7 cm³/mol. The quantitative estimate of drug-likeness (QED) is 0.922. The Hall–Kier alpha value is -0.610. The lowest BCUT2D eigenvalue weighted by molar-refractivity contribution is 0.360. The number of hydrogen-bond acceptors (Lipinski definition) is 2. The number of aryl methyl sites for hydroxylation is 1. The standard InChI is InChI=1S/C14H19BrFNO/c1-9-6-11(7-10-4-3-5-17-8-10)13(16)14(18-2)12(9)15/h6,10,17H,3-5,7-8H2,1-2H3. The van der Waals surface area contributed by atoms with Gasteiger partial charge in [0.15, 0.2) is 11.6 Å². The molecule has 0 spiro atoms. The van der Waals surface area contributed by atoms with Crippen LogP contribution in [-0.4, -0.2) is 20.2 Å². The number of rotatable bonds is 3. The van der Waals surface area contributed by atoms with Gasteiger partial charge in [0, 0.05) is 0 Å². The maximum atomic E-state index is 14.3. The highest BCUT2D eigenvalue weighted by Gasteiger charge is 2.20. The van der Waals surface area contributed by atoms with Crippen molar-refractivity contribution in [2.75, 3.05) is 20.2 Å². The fraction of sp³-hybridized carbons (Fsp3) is 0.571. The van der Waals surface area contributed by atoms with Crippen molar-refractivity contribution in [2.24, 2.45) is 5.92 Å². The summed E-state index contributed by atoms with van der Waals surface area (Å²) >= 11 is 3.37. The van der Waals surface area contributed by atoms with E-state index >= 15 is 0 Å². The van der Waals surface area contributed by atoms with Gasteiger partial charge < -0.3 is 10.1 Å². The van der Waals surface area contributed by atoms with Gasteiger partial charge in [-0.25, -0.2) is 4.39 Å². The van der Waals surface area contributed by atoms with Crippen LogP contribution in [0.25, 0.3) is 0 Å². The lowest BCUT2D eigenvalue weighted by Crippen LogP contribution is -2.31. The number of nitrogens with one attached hydrogen (secondary N) is 1. The molecule has 1 aromatic rings. The Morgan fingerprint density at radius 1 is 1.56 bits per heavy atom. The van der Waals surface area contributed by atoms with Gasteiger partial charge in [0.1, 0.15) is 0 Å². The first-order valence-electron chi connectivity index (χ1n) is 6.35. The van der Waals surface area contributed by atoms with Crippen molar-refractivity contribution in [2.45, 2.75) is 26.2 Å². The molecule has 1 saturated heterocycles. The molecule has 1 unspecified atom stereocenters. The molecule has 1 fully saturated rings. The van der Waals surface area contributed by atoms with Crippen LogP contribution in [0.5, 0.6) is 5.75 Å². The fourth-order valence-corrected chi connectivity index (χ4v) is 3.00. The number of ether oxygens (including phenoxy) is 1. The first-order chi connectivity index (χ1) is 8.63. The van der Waals surface area contributed by atoms with E-state index in [1.54, 1.807) is 0 Å². The molecule has 1 aliphatic heterocycles. The molecule has 0 amide bonds.